The number of pyridine rings is 2. The molecule has 4 aliphatic rings. The zero-order valence-electron chi connectivity index (χ0n) is 28.4. The van der Waals surface area contributed by atoms with Gasteiger partial charge in [0.1, 0.15) is 47.5 Å². The monoisotopic (exact) mass is 784 g/mol. The van der Waals surface area contributed by atoms with Crippen molar-refractivity contribution in [2.24, 2.45) is 21.5 Å². The Bertz CT molecular complexity index is 2340. The lowest BCUT2D eigenvalue weighted by Crippen LogP contribution is -2.42. The summed E-state index contributed by atoms with van der Waals surface area (Å²) in [5.41, 5.74) is 14.6. The lowest BCUT2D eigenvalue weighted by molar-refractivity contribution is 0.109. The highest BCUT2D eigenvalue weighted by molar-refractivity contribution is 9.10. The average Bonchev–Trinajstić information content (AvgIpc) is 3.16. The van der Waals surface area contributed by atoms with E-state index in [-0.39, 0.29) is 13.2 Å². The van der Waals surface area contributed by atoms with Crippen molar-refractivity contribution in [1.29, 1.82) is 0 Å². The highest BCUT2D eigenvalue weighted by atomic mass is 79.9. The number of rotatable bonds is 3. The van der Waals surface area contributed by atoms with E-state index in [9.17, 15) is 8.78 Å². The van der Waals surface area contributed by atoms with Crippen molar-refractivity contribution in [3.63, 3.8) is 0 Å². The fourth-order valence-electron chi connectivity index (χ4n) is 6.90. The molecule has 0 aliphatic carbocycles. The van der Waals surface area contributed by atoms with Crippen molar-refractivity contribution in [2.75, 3.05) is 40.6 Å². The van der Waals surface area contributed by atoms with Gasteiger partial charge in [-0.15, -0.1) is 0 Å². The number of hydrogen-bond acceptors (Lipinski definition) is 12. The van der Waals surface area contributed by atoms with E-state index in [0.29, 0.717) is 76.1 Å². The summed E-state index contributed by atoms with van der Waals surface area (Å²) in [5, 5.41) is 0. The maximum atomic E-state index is 13.8. The molecular formula is C38H31BrF2N6O6. The van der Waals surface area contributed by atoms with Gasteiger partial charge in [-0.3, -0.25) is 9.98 Å². The molecule has 53 heavy (non-hydrogen) atoms. The summed E-state index contributed by atoms with van der Waals surface area (Å²) < 4.78 is 62.2. The molecule has 0 unspecified atom stereocenters. The van der Waals surface area contributed by atoms with Gasteiger partial charge in [-0.2, -0.15) is 0 Å². The van der Waals surface area contributed by atoms with Crippen LogP contribution < -0.4 is 30.4 Å². The fraction of sp³-hybridized carbons (Fsp3) is 0.211. The highest BCUT2D eigenvalue weighted by Crippen LogP contribution is 2.53. The predicted molar refractivity (Wildman–Crippen MR) is 194 cm³/mol. The second-order valence-electron chi connectivity index (χ2n) is 12.5. The van der Waals surface area contributed by atoms with Gasteiger partial charge in [0.25, 0.3) is 0 Å². The Morgan fingerprint density at radius 1 is 0.623 bits per heavy atom. The Labute approximate surface area is 310 Å². The minimum Gasteiger partial charge on any atom is -0.481 e. The molecule has 4 aliphatic heterocycles. The number of aliphatic imine (C=N–C) groups is 2. The number of nitrogens with two attached hydrogens (primary N) is 2. The van der Waals surface area contributed by atoms with Crippen molar-refractivity contribution >= 4 is 27.6 Å². The van der Waals surface area contributed by atoms with Crippen LogP contribution >= 0.6 is 15.9 Å². The van der Waals surface area contributed by atoms with Gasteiger partial charge >= 0.3 is 0 Å². The number of ether oxygens (including phenoxy) is 6. The molecule has 4 N–H and O–H groups in total. The number of aromatic nitrogens is 2. The number of fused-ring (bicyclic) bond motifs is 8. The lowest BCUT2D eigenvalue weighted by Gasteiger charge is -2.39. The van der Waals surface area contributed by atoms with Crippen LogP contribution in [0.15, 0.2) is 93.6 Å². The minimum absolute atomic E-state index is 0.221. The lowest BCUT2D eigenvalue weighted by atomic mass is 9.80. The predicted octanol–water partition coefficient (Wildman–Crippen LogP) is 6.36. The van der Waals surface area contributed by atoms with Crippen LogP contribution in [-0.4, -0.2) is 62.3 Å². The van der Waals surface area contributed by atoms with Crippen molar-refractivity contribution in [1.82, 2.24) is 9.97 Å². The molecule has 9 rings (SSSR count). The second kappa shape index (κ2) is 13.4. The van der Waals surface area contributed by atoms with Gasteiger partial charge in [-0.25, -0.2) is 18.7 Å². The average molecular weight is 786 g/mol. The van der Waals surface area contributed by atoms with Crippen molar-refractivity contribution < 1.29 is 37.2 Å². The Hall–Kier alpha value is -5.64. The summed E-state index contributed by atoms with van der Waals surface area (Å²) in [4.78, 5) is 18.0. The molecule has 3 aromatic carbocycles. The molecule has 5 aromatic rings. The Balaban J connectivity index is 0.000000156. The summed E-state index contributed by atoms with van der Waals surface area (Å²) in [6, 6.07) is 18.5. The van der Waals surface area contributed by atoms with Crippen molar-refractivity contribution in [3.05, 3.63) is 117 Å². The number of amidine groups is 2. The quantitative estimate of drug-likeness (QED) is 0.211. The SMILES string of the molecule is COc1cc2c(cn1)Oc1ccc(-c3ccc(F)c(F)c3)cc1[C@@]21COCC(N)=N1.COc1cc2c(cn1)Oc1ccc(Br)cc1[C@@]21COCC(N)=N1. The molecular weight excluding hydrogens is 754 g/mol. The number of halogens is 3. The van der Waals surface area contributed by atoms with Crippen LogP contribution in [0.2, 0.25) is 0 Å². The number of hydrogen-bond donors (Lipinski definition) is 2. The standard InChI is InChI=1S/C22H17F2N3O3.C16H14BrN3O3/c1-28-21-8-15-19(9-26-21)30-18-5-3-12(13-2-4-16(23)17(24)7-13)6-14(18)22(15)11-29-10-20(25)27-22;1-21-15-5-11-13(6-19-15)23-12-3-2-9(17)4-10(12)16(11)8-22-7-14(18)20-16/h2-9H,10-11H2,1H3,(H2,25,27);2-6H,7-8H2,1H3,(H2,18,20)/t22-;16-/m00/s1. The smallest absolute Gasteiger partial charge is 0.213 e. The van der Waals surface area contributed by atoms with Crippen LogP contribution in [-0.2, 0) is 20.6 Å². The topological polar surface area (TPSA) is 158 Å². The Morgan fingerprint density at radius 3 is 1.64 bits per heavy atom. The summed E-state index contributed by atoms with van der Waals surface area (Å²) in [5.74, 6) is 2.29. The van der Waals surface area contributed by atoms with Gasteiger partial charge in [0.05, 0.1) is 39.8 Å². The number of benzene rings is 3. The number of methoxy groups -OCH3 is 2. The van der Waals surface area contributed by atoms with Crippen molar-refractivity contribution in [3.8, 4) is 45.9 Å². The molecule has 0 bridgehead atoms. The first-order chi connectivity index (χ1) is 25.6. The molecule has 270 valence electrons. The van der Waals surface area contributed by atoms with E-state index in [2.05, 4.69) is 25.9 Å². The maximum Gasteiger partial charge on any atom is 0.213 e. The molecule has 0 saturated heterocycles. The van der Waals surface area contributed by atoms with E-state index in [1.54, 1.807) is 37.7 Å². The highest BCUT2D eigenvalue weighted by Gasteiger charge is 2.47. The van der Waals surface area contributed by atoms with Gasteiger partial charge in [-0.1, -0.05) is 28.1 Å². The van der Waals surface area contributed by atoms with Crippen LogP contribution in [0.3, 0.4) is 0 Å². The zero-order valence-corrected chi connectivity index (χ0v) is 29.9. The third kappa shape index (κ3) is 5.99. The van der Waals surface area contributed by atoms with Crippen LogP contribution in [0.4, 0.5) is 8.78 Å². The fourth-order valence-corrected chi connectivity index (χ4v) is 7.26. The molecule has 2 spiro atoms. The molecule has 0 amide bonds. The first-order valence-corrected chi connectivity index (χ1v) is 17.1. The van der Waals surface area contributed by atoms with Gasteiger partial charge in [-0.05, 0) is 53.6 Å². The van der Waals surface area contributed by atoms with Crippen LogP contribution in [0.25, 0.3) is 11.1 Å². The van der Waals surface area contributed by atoms with E-state index in [1.807, 2.05) is 30.3 Å². The second-order valence-corrected chi connectivity index (χ2v) is 13.5. The van der Waals surface area contributed by atoms with Gasteiger partial charge < -0.3 is 39.9 Å². The normalized spacial score (nSPS) is 20.5. The Morgan fingerprint density at radius 2 is 1.11 bits per heavy atom. The third-order valence-corrected chi connectivity index (χ3v) is 9.78. The van der Waals surface area contributed by atoms with Crippen LogP contribution in [0.5, 0.6) is 34.8 Å². The molecule has 12 nitrogen and oxygen atoms in total. The van der Waals surface area contributed by atoms with E-state index in [1.165, 1.54) is 13.2 Å². The zero-order chi connectivity index (χ0) is 36.9. The first-order valence-electron chi connectivity index (χ1n) is 16.3. The van der Waals surface area contributed by atoms with E-state index in [0.717, 1.165) is 33.5 Å². The molecule has 0 saturated carbocycles. The van der Waals surface area contributed by atoms with Crippen molar-refractivity contribution in [2.45, 2.75) is 11.1 Å². The van der Waals surface area contributed by atoms with Gasteiger partial charge in [0.15, 0.2) is 23.1 Å². The largest absolute Gasteiger partial charge is 0.481 e. The molecule has 0 fully saturated rings. The van der Waals surface area contributed by atoms with Crippen LogP contribution in [0, 0.1) is 11.6 Å². The van der Waals surface area contributed by atoms with Crippen LogP contribution in [0.1, 0.15) is 22.3 Å². The summed E-state index contributed by atoms with van der Waals surface area (Å²) in [7, 11) is 3.10. The summed E-state index contributed by atoms with van der Waals surface area (Å²) in [6.45, 7) is 1.15. The molecule has 2 atom stereocenters. The summed E-state index contributed by atoms with van der Waals surface area (Å²) >= 11 is 3.51. The molecule has 15 heteroatoms. The van der Waals surface area contributed by atoms with E-state index in [4.69, 9.17) is 49.9 Å². The molecule has 0 radical (unpaired) electrons. The van der Waals surface area contributed by atoms with Gasteiger partial charge in [0, 0.05) is 38.9 Å². The third-order valence-electron chi connectivity index (χ3n) is 9.29. The van der Waals surface area contributed by atoms with Gasteiger partial charge in [0.2, 0.25) is 11.8 Å². The number of nitrogens with zero attached hydrogens (tertiary/aromatic N) is 4. The minimum atomic E-state index is -0.976. The first kappa shape index (κ1) is 34.4. The summed E-state index contributed by atoms with van der Waals surface area (Å²) in [6.07, 6.45) is 3.21. The molecule has 2 aromatic heterocycles. The maximum absolute atomic E-state index is 13.8. The van der Waals surface area contributed by atoms with E-state index >= 15 is 0 Å². The Kier molecular flexibility index (Phi) is 8.71. The molecule has 6 heterocycles. The van der Waals surface area contributed by atoms with E-state index < -0.39 is 22.7 Å².